The van der Waals surface area contributed by atoms with E-state index in [2.05, 4.69) is 6.08 Å². The van der Waals surface area contributed by atoms with Crippen molar-refractivity contribution in [2.75, 3.05) is 29.5 Å². The number of carbonyl (C=O) groups is 3. The summed E-state index contributed by atoms with van der Waals surface area (Å²) in [6, 6.07) is 14.0. The number of aryl methyl sites for hydroxylation is 2. The second-order valence-corrected chi connectivity index (χ2v) is 13.3. The van der Waals surface area contributed by atoms with Gasteiger partial charge in [0, 0.05) is 29.2 Å². The quantitative estimate of drug-likeness (QED) is 0.578. The van der Waals surface area contributed by atoms with Crippen LogP contribution in [0, 0.1) is 25.7 Å². The SMILES string of the molecule is Cc1cccc(C)c1N1CC=C[C@]23S[C@]4(C)C=CCN(c5ccccc5)C(=O)[C@@H]4[C@H]2C(=O)N([C@H](C)CO)C3C1=O. The molecular formula is C32H35N3O4S. The fraction of sp³-hybridized carbons (Fsp3) is 0.406. The first kappa shape index (κ1) is 26.8. The van der Waals surface area contributed by atoms with Gasteiger partial charge in [-0.3, -0.25) is 14.4 Å². The first-order valence-electron chi connectivity index (χ1n) is 13.9. The Morgan fingerprint density at radius 1 is 0.875 bits per heavy atom. The maximum absolute atomic E-state index is 14.7. The van der Waals surface area contributed by atoms with E-state index in [9.17, 15) is 19.5 Å². The van der Waals surface area contributed by atoms with Crippen molar-refractivity contribution in [3.05, 3.63) is 84.0 Å². The summed E-state index contributed by atoms with van der Waals surface area (Å²) in [5.41, 5.74) is 3.58. The smallest absolute Gasteiger partial charge is 0.251 e. The summed E-state index contributed by atoms with van der Waals surface area (Å²) in [6.45, 7) is 8.28. The van der Waals surface area contributed by atoms with E-state index in [0.717, 1.165) is 22.5 Å². The molecule has 0 radical (unpaired) electrons. The minimum atomic E-state index is -0.956. The van der Waals surface area contributed by atoms with Crippen molar-refractivity contribution < 1.29 is 19.5 Å². The molecule has 2 saturated heterocycles. The Kier molecular flexibility index (Phi) is 6.46. The Morgan fingerprint density at radius 2 is 1.52 bits per heavy atom. The van der Waals surface area contributed by atoms with Crippen LogP contribution >= 0.6 is 11.8 Å². The number of fused-ring (bicyclic) bond motifs is 2. The lowest BCUT2D eigenvalue weighted by Crippen LogP contribution is -2.56. The van der Waals surface area contributed by atoms with E-state index in [1.165, 1.54) is 0 Å². The zero-order chi connectivity index (χ0) is 28.4. The Bertz CT molecular complexity index is 1420. The van der Waals surface area contributed by atoms with E-state index in [-0.39, 0.29) is 24.3 Å². The highest BCUT2D eigenvalue weighted by molar-refractivity contribution is 8.02. The molecule has 4 aliphatic heterocycles. The molecule has 0 saturated carbocycles. The molecule has 1 N–H and O–H groups in total. The number of nitrogens with zero attached hydrogens (tertiary/aromatic N) is 3. The van der Waals surface area contributed by atoms with Crippen LogP contribution in [0.4, 0.5) is 11.4 Å². The van der Waals surface area contributed by atoms with Crippen LogP contribution in [0.1, 0.15) is 25.0 Å². The summed E-state index contributed by atoms with van der Waals surface area (Å²) in [5.74, 6) is -1.96. The second-order valence-electron chi connectivity index (χ2n) is 11.6. The molecule has 0 aliphatic carbocycles. The maximum atomic E-state index is 14.7. The molecule has 3 amide bonds. The third kappa shape index (κ3) is 3.72. The standard InChI is InChI=1S/C32H35N3O4S/c1-20-11-8-12-21(2)26(20)34-18-10-16-32-25(29(38)35(22(3)19-36)27(32)30(34)39)24-28(37)33(23-13-6-5-7-14-23)17-9-15-31(24,4)40-32/h5-16,22,24-25,27,36H,17-19H2,1-4H3/t22-,24+,25+,27?,31-,32+/m1/s1. The zero-order valence-electron chi connectivity index (χ0n) is 23.3. The first-order chi connectivity index (χ1) is 19.1. The topological polar surface area (TPSA) is 81.2 Å². The van der Waals surface area contributed by atoms with E-state index < -0.39 is 33.4 Å². The summed E-state index contributed by atoms with van der Waals surface area (Å²) in [7, 11) is 0. The van der Waals surface area contributed by atoms with Gasteiger partial charge in [0.2, 0.25) is 11.8 Å². The zero-order valence-corrected chi connectivity index (χ0v) is 24.1. The Balaban J connectivity index is 1.51. The molecule has 4 aliphatic rings. The van der Waals surface area contributed by atoms with E-state index in [4.69, 9.17) is 0 Å². The van der Waals surface area contributed by atoms with Crippen molar-refractivity contribution in [2.45, 2.75) is 49.3 Å². The molecule has 1 spiro atoms. The molecule has 7 nitrogen and oxygen atoms in total. The van der Waals surface area contributed by atoms with Crippen LogP contribution in [-0.4, -0.2) is 69.0 Å². The van der Waals surface area contributed by atoms with Crippen LogP contribution in [0.15, 0.2) is 72.8 Å². The molecular weight excluding hydrogens is 522 g/mol. The van der Waals surface area contributed by atoms with Crippen LogP contribution in [0.25, 0.3) is 0 Å². The molecule has 208 valence electrons. The molecule has 0 bridgehead atoms. The number of aliphatic hydroxyl groups is 1. The van der Waals surface area contributed by atoms with Gasteiger partial charge in [-0.25, -0.2) is 0 Å². The molecule has 2 fully saturated rings. The predicted octanol–water partition coefficient (Wildman–Crippen LogP) is 3.88. The highest BCUT2D eigenvalue weighted by Gasteiger charge is 2.74. The number of hydrogen-bond acceptors (Lipinski definition) is 5. The Labute approximate surface area is 239 Å². The molecule has 4 heterocycles. The van der Waals surface area contributed by atoms with E-state index in [0.29, 0.717) is 13.1 Å². The first-order valence-corrected chi connectivity index (χ1v) is 14.7. The fourth-order valence-corrected chi connectivity index (χ4v) is 9.44. The van der Waals surface area contributed by atoms with Gasteiger partial charge in [-0.1, -0.05) is 60.7 Å². The van der Waals surface area contributed by atoms with Crippen molar-refractivity contribution >= 4 is 40.9 Å². The summed E-state index contributed by atoms with van der Waals surface area (Å²) in [5, 5.41) is 10.2. The number of amides is 3. The number of aliphatic hydroxyl groups excluding tert-OH is 1. The summed E-state index contributed by atoms with van der Waals surface area (Å²) in [6.07, 6.45) is 8.08. The van der Waals surface area contributed by atoms with E-state index in [1.807, 2.05) is 87.5 Å². The van der Waals surface area contributed by atoms with Crippen LogP contribution in [0.3, 0.4) is 0 Å². The molecule has 6 atom stereocenters. The van der Waals surface area contributed by atoms with Gasteiger partial charge in [0.05, 0.1) is 29.2 Å². The monoisotopic (exact) mass is 557 g/mol. The number of hydrogen-bond donors (Lipinski definition) is 1. The number of likely N-dealkylation sites (tertiary alicyclic amines) is 1. The number of thioether (sulfide) groups is 1. The highest BCUT2D eigenvalue weighted by Crippen LogP contribution is 2.66. The third-order valence-electron chi connectivity index (χ3n) is 9.01. The van der Waals surface area contributed by atoms with Crippen LogP contribution in [-0.2, 0) is 14.4 Å². The summed E-state index contributed by atoms with van der Waals surface area (Å²) >= 11 is 1.56. The molecule has 6 rings (SSSR count). The van der Waals surface area contributed by atoms with Gasteiger partial charge >= 0.3 is 0 Å². The van der Waals surface area contributed by atoms with Crippen molar-refractivity contribution in [2.24, 2.45) is 11.8 Å². The maximum Gasteiger partial charge on any atom is 0.251 e. The van der Waals surface area contributed by atoms with Gasteiger partial charge in [-0.05, 0) is 51.0 Å². The van der Waals surface area contributed by atoms with Gasteiger partial charge in [0.1, 0.15) is 6.04 Å². The van der Waals surface area contributed by atoms with Crippen molar-refractivity contribution in [1.29, 1.82) is 0 Å². The van der Waals surface area contributed by atoms with Crippen molar-refractivity contribution in [3.63, 3.8) is 0 Å². The Hall–Kier alpha value is -3.36. The van der Waals surface area contributed by atoms with Crippen LogP contribution < -0.4 is 9.80 Å². The molecule has 40 heavy (non-hydrogen) atoms. The van der Waals surface area contributed by atoms with E-state index in [1.54, 1.807) is 33.4 Å². The highest BCUT2D eigenvalue weighted by atomic mass is 32.2. The number of rotatable bonds is 4. The van der Waals surface area contributed by atoms with Crippen molar-refractivity contribution in [3.8, 4) is 0 Å². The van der Waals surface area contributed by atoms with Gasteiger partial charge in [0.25, 0.3) is 5.91 Å². The molecule has 8 heteroatoms. The predicted molar refractivity (Wildman–Crippen MR) is 158 cm³/mol. The average molecular weight is 558 g/mol. The third-order valence-corrected chi connectivity index (χ3v) is 10.8. The summed E-state index contributed by atoms with van der Waals surface area (Å²) in [4.78, 5) is 48.7. The molecule has 2 aromatic rings. The van der Waals surface area contributed by atoms with E-state index >= 15 is 0 Å². The van der Waals surface area contributed by atoms with Gasteiger partial charge in [0.15, 0.2) is 0 Å². The van der Waals surface area contributed by atoms with Gasteiger partial charge in [-0.15, -0.1) is 11.8 Å². The fourth-order valence-electron chi connectivity index (χ4n) is 7.30. The molecule has 0 aromatic heterocycles. The number of para-hydroxylation sites is 2. The van der Waals surface area contributed by atoms with Crippen LogP contribution in [0.2, 0.25) is 0 Å². The van der Waals surface area contributed by atoms with Gasteiger partial charge in [-0.2, -0.15) is 0 Å². The van der Waals surface area contributed by atoms with Gasteiger partial charge < -0.3 is 19.8 Å². The minimum Gasteiger partial charge on any atom is -0.394 e. The number of anilines is 2. The average Bonchev–Trinajstić information content (AvgIpc) is 3.21. The molecule has 1 unspecified atom stereocenters. The van der Waals surface area contributed by atoms with Crippen LogP contribution in [0.5, 0.6) is 0 Å². The normalized spacial score (nSPS) is 32.1. The number of benzene rings is 2. The lowest BCUT2D eigenvalue weighted by molar-refractivity contribution is -0.141. The molecule has 2 aromatic carbocycles. The summed E-state index contributed by atoms with van der Waals surface area (Å²) < 4.78 is -1.64. The largest absolute Gasteiger partial charge is 0.394 e. The number of carbonyl (C=O) groups excluding carboxylic acids is 3. The second kappa shape index (κ2) is 9.63. The van der Waals surface area contributed by atoms with Crippen molar-refractivity contribution in [1.82, 2.24) is 4.90 Å². The minimum absolute atomic E-state index is 0.115. The Morgan fingerprint density at radius 3 is 2.20 bits per heavy atom. The lowest BCUT2D eigenvalue weighted by Gasteiger charge is -2.39. The lowest BCUT2D eigenvalue weighted by atomic mass is 9.74.